The average Bonchev–Trinajstić information content (AvgIpc) is 3.12. The third kappa shape index (κ3) is 3.69. The van der Waals surface area contributed by atoms with Crippen molar-refractivity contribution in [2.24, 2.45) is 10.2 Å². The number of aromatic hydroxyl groups is 1. The van der Waals surface area contributed by atoms with Crippen LogP contribution in [-0.4, -0.2) is 33.1 Å². The van der Waals surface area contributed by atoms with Crippen LogP contribution < -0.4 is 0 Å². The highest BCUT2D eigenvalue weighted by Gasteiger charge is 2.21. The number of ether oxygens (including phenoxy) is 1. The summed E-state index contributed by atoms with van der Waals surface area (Å²) in [7, 11) is 0. The standard InChI is InChI=1S/C17H15N5O3/c1-2-25-17(24)16-15(20-22-21-16)13-10-12(8-9-14(13)23)19-18-11-6-4-3-5-7-11/h3-10,23H,2H2,1H3,(H,20,21,22). The van der Waals surface area contributed by atoms with E-state index in [1.54, 1.807) is 19.1 Å². The van der Waals surface area contributed by atoms with Crippen molar-refractivity contribution in [3.63, 3.8) is 0 Å². The highest BCUT2D eigenvalue weighted by atomic mass is 16.5. The van der Waals surface area contributed by atoms with Crippen molar-refractivity contribution in [3.8, 4) is 17.0 Å². The van der Waals surface area contributed by atoms with E-state index in [-0.39, 0.29) is 23.7 Å². The molecule has 0 atom stereocenters. The highest BCUT2D eigenvalue weighted by Crippen LogP contribution is 2.33. The van der Waals surface area contributed by atoms with Gasteiger partial charge in [-0.3, -0.25) is 0 Å². The van der Waals surface area contributed by atoms with Gasteiger partial charge < -0.3 is 9.84 Å². The summed E-state index contributed by atoms with van der Waals surface area (Å²) in [5.41, 5.74) is 1.68. The lowest BCUT2D eigenvalue weighted by atomic mass is 10.1. The fourth-order valence-corrected chi connectivity index (χ4v) is 2.15. The first kappa shape index (κ1) is 16.3. The summed E-state index contributed by atoms with van der Waals surface area (Å²) < 4.78 is 4.94. The van der Waals surface area contributed by atoms with Crippen molar-refractivity contribution in [1.29, 1.82) is 0 Å². The molecule has 0 aliphatic heterocycles. The number of azo groups is 1. The summed E-state index contributed by atoms with van der Waals surface area (Å²) in [4.78, 5) is 11.9. The van der Waals surface area contributed by atoms with E-state index in [9.17, 15) is 9.90 Å². The van der Waals surface area contributed by atoms with E-state index in [2.05, 4.69) is 25.6 Å². The number of carbonyl (C=O) groups excluding carboxylic acids is 1. The van der Waals surface area contributed by atoms with Crippen molar-refractivity contribution in [1.82, 2.24) is 15.4 Å². The summed E-state index contributed by atoms with van der Waals surface area (Å²) in [6.45, 7) is 1.90. The maximum absolute atomic E-state index is 11.9. The third-order valence-corrected chi connectivity index (χ3v) is 3.29. The minimum absolute atomic E-state index is 0.00528. The maximum atomic E-state index is 11.9. The van der Waals surface area contributed by atoms with Gasteiger partial charge in [0.25, 0.3) is 0 Å². The number of H-pyrrole nitrogens is 1. The molecule has 0 fully saturated rings. The molecule has 0 bridgehead atoms. The normalized spacial score (nSPS) is 10.9. The van der Waals surface area contributed by atoms with Crippen molar-refractivity contribution in [2.45, 2.75) is 6.92 Å². The van der Waals surface area contributed by atoms with Crippen LogP contribution in [0.2, 0.25) is 0 Å². The summed E-state index contributed by atoms with van der Waals surface area (Å²) in [5.74, 6) is -0.680. The molecule has 1 aromatic heterocycles. The molecule has 2 aromatic carbocycles. The van der Waals surface area contributed by atoms with Gasteiger partial charge in [-0.05, 0) is 37.3 Å². The second-order valence-electron chi connectivity index (χ2n) is 4.98. The maximum Gasteiger partial charge on any atom is 0.361 e. The van der Waals surface area contributed by atoms with Crippen molar-refractivity contribution in [2.75, 3.05) is 6.61 Å². The summed E-state index contributed by atoms with van der Waals surface area (Å²) in [5, 5.41) is 28.5. The molecule has 0 amide bonds. The minimum atomic E-state index is -0.623. The molecular weight excluding hydrogens is 322 g/mol. The molecule has 2 N–H and O–H groups in total. The summed E-state index contributed by atoms with van der Waals surface area (Å²) in [6, 6.07) is 13.9. The molecule has 0 aliphatic rings. The smallest absolute Gasteiger partial charge is 0.361 e. The number of aromatic amines is 1. The van der Waals surface area contributed by atoms with Gasteiger partial charge in [0.05, 0.1) is 18.0 Å². The van der Waals surface area contributed by atoms with E-state index in [0.29, 0.717) is 16.9 Å². The molecule has 0 saturated carbocycles. The topological polar surface area (TPSA) is 113 Å². The Morgan fingerprint density at radius 2 is 1.88 bits per heavy atom. The van der Waals surface area contributed by atoms with Crippen LogP contribution in [0.1, 0.15) is 17.4 Å². The van der Waals surface area contributed by atoms with E-state index < -0.39 is 5.97 Å². The predicted octanol–water partition coefficient (Wildman–Crippen LogP) is 3.77. The molecule has 0 unspecified atom stereocenters. The molecule has 3 rings (SSSR count). The first-order chi connectivity index (χ1) is 12.2. The molecule has 3 aromatic rings. The van der Waals surface area contributed by atoms with E-state index in [4.69, 9.17) is 4.74 Å². The van der Waals surface area contributed by atoms with Gasteiger partial charge in [-0.1, -0.05) is 18.2 Å². The fraction of sp³-hybridized carbons (Fsp3) is 0.118. The number of nitrogens with zero attached hydrogens (tertiary/aromatic N) is 4. The second-order valence-corrected chi connectivity index (χ2v) is 4.98. The lowest BCUT2D eigenvalue weighted by Gasteiger charge is -2.04. The van der Waals surface area contributed by atoms with Crippen LogP contribution in [0.15, 0.2) is 58.8 Å². The van der Waals surface area contributed by atoms with E-state index >= 15 is 0 Å². The van der Waals surface area contributed by atoms with Crippen molar-refractivity contribution < 1.29 is 14.6 Å². The van der Waals surface area contributed by atoms with Gasteiger partial charge in [-0.2, -0.15) is 20.5 Å². The minimum Gasteiger partial charge on any atom is -0.507 e. The van der Waals surface area contributed by atoms with Gasteiger partial charge in [-0.25, -0.2) is 4.79 Å². The monoisotopic (exact) mass is 337 g/mol. The Balaban J connectivity index is 1.94. The zero-order chi connectivity index (χ0) is 17.6. The lowest BCUT2D eigenvalue weighted by molar-refractivity contribution is 0.0520. The number of esters is 1. The largest absolute Gasteiger partial charge is 0.507 e. The summed E-state index contributed by atoms with van der Waals surface area (Å²) in [6.07, 6.45) is 0. The Labute approximate surface area is 143 Å². The second kappa shape index (κ2) is 7.35. The molecule has 0 radical (unpaired) electrons. The van der Waals surface area contributed by atoms with Crippen molar-refractivity contribution in [3.05, 3.63) is 54.2 Å². The number of hydrogen-bond acceptors (Lipinski definition) is 7. The van der Waals surface area contributed by atoms with Crippen LogP contribution in [-0.2, 0) is 4.74 Å². The zero-order valence-corrected chi connectivity index (χ0v) is 13.4. The summed E-state index contributed by atoms with van der Waals surface area (Å²) >= 11 is 0. The van der Waals surface area contributed by atoms with Gasteiger partial charge in [0, 0.05) is 5.56 Å². The first-order valence-electron chi connectivity index (χ1n) is 7.57. The van der Waals surface area contributed by atoms with Crippen LogP contribution in [0.25, 0.3) is 11.3 Å². The highest BCUT2D eigenvalue weighted by molar-refractivity contribution is 5.95. The lowest BCUT2D eigenvalue weighted by Crippen LogP contribution is -2.06. The van der Waals surface area contributed by atoms with Crippen LogP contribution in [0.4, 0.5) is 11.4 Å². The molecule has 0 aliphatic carbocycles. The molecular formula is C17H15N5O3. The van der Waals surface area contributed by atoms with E-state index in [0.717, 1.165) is 0 Å². The third-order valence-electron chi connectivity index (χ3n) is 3.29. The number of rotatable bonds is 5. The molecule has 8 heteroatoms. The van der Waals surface area contributed by atoms with Gasteiger partial charge in [0.1, 0.15) is 11.4 Å². The Kier molecular flexibility index (Phi) is 4.79. The van der Waals surface area contributed by atoms with E-state index in [1.807, 2.05) is 30.3 Å². The van der Waals surface area contributed by atoms with Crippen LogP contribution in [0.5, 0.6) is 5.75 Å². The number of benzene rings is 2. The first-order valence-corrected chi connectivity index (χ1v) is 7.57. The number of phenols is 1. The zero-order valence-electron chi connectivity index (χ0n) is 13.4. The molecule has 126 valence electrons. The van der Waals surface area contributed by atoms with Crippen LogP contribution in [0, 0.1) is 0 Å². The number of phenolic OH excluding ortho intramolecular Hbond substituents is 1. The Morgan fingerprint density at radius 3 is 2.64 bits per heavy atom. The molecule has 0 spiro atoms. The molecule has 25 heavy (non-hydrogen) atoms. The van der Waals surface area contributed by atoms with Crippen molar-refractivity contribution >= 4 is 17.3 Å². The van der Waals surface area contributed by atoms with Gasteiger partial charge >= 0.3 is 5.97 Å². The number of hydrogen-bond donors (Lipinski definition) is 2. The van der Waals surface area contributed by atoms with Gasteiger partial charge in [-0.15, -0.1) is 5.10 Å². The SMILES string of the molecule is CCOC(=O)c1n[nH]nc1-c1cc(N=Nc2ccccc2)ccc1O. The van der Waals surface area contributed by atoms with Crippen LogP contribution >= 0.6 is 0 Å². The molecule has 0 saturated heterocycles. The Hall–Kier alpha value is -3.55. The number of aromatic nitrogens is 3. The number of nitrogens with one attached hydrogen (secondary N) is 1. The Morgan fingerprint density at radius 1 is 1.12 bits per heavy atom. The molecule has 1 heterocycles. The quantitative estimate of drug-likeness (QED) is 0.543. The molecule has 8 nitrogen and oxygen atoms in total. The van der Waals surface area contributed by atoms with E-state index in [1.165, 1.54) is 6.07 Å². The van der Waals surface area contributed by atoms with Crippen LogP contribution in [0.3, 0.4) is 0 Å². The number of carbonyl (C=O) groups is 1. The average molecular weight is 337 g/mol. The predicted molar refractivity (Wildman–Crippen MR) is 90.1 cm³/mol. The van der Waals surface area contributed by atoms with Gasteiger partial charge in [0.2, 0.25) is 0 Å². The van der Waals surface area contributed by atoms with Gasteiger partial charge in [0.15, 0.2) is 5.69 Å². The fourth-order valence-electron chi connectivity index (χ4n) is 2.15. The Bertz CT molecular complexity index is 906.